The molecule has 134 valence electrons. The Balaban J connectivity index is 1.97. The number of hydrogen-bond donors (Lipinski definition) is 1. The minimum absolute atomic E-state index is 0.00407. The van der Waals surface area contributed by atoms with E-state index >= 15 is 0 Å². The monoisotopic (exact) mass is 356 g/mol. The van der Waals surface area contributed by atoms with Crippen LogP contribution in [0.3, 0.4) is 0 Å². The number of amides is 1. The maximum Gasteiger partial charge on any atom is 0.416 e. The first-order valence-electron chi connectivity index (χ1n) is 7.47. The topological polar surface area (TPSA) is 75.8 Å². The Bertz CT molecular complexity index is 775. The third kappa shape index (κ3) is 3.32. The summed E-state index contributed by atoms with van der Waals surface area (Å²) in [6.45, 7) is -0.0985. The van der Waals surface area contributed by atoms with E-state index in [1.54, 1.807) is 0 Å². The van der Waals surface area contributed by atoms with Gasteiger partial charge in [-0.3, -0.25) is 4.79 Å². The Hall–Kier alpha value is -2.55. The van der Waals surface area contributed by atoms with Crippen molar-refractivity contribution in [1.82, 2.24) is 10.1 Å². The van der Waals surface area contributed by atoms with Crippen molar-refractivity contribution in [3.05, 3.63) is 47.2 Å². The molecular weight excluding hydrogens is 341 g/mol. The molecule has 25 heavy (non-hydrogen) atoms. The fraction of sp³-hybridized carbons (Fsp3) is 0.375. The second-order valence-corrected chi connectivity index (χ2v) is 5.68. The molecule has 0 saturated carbocycles. The van der Waals surface area contributed by atoms with Gasteiger partial charge in [-0.05, 0) is 23.2 Å². The van der Waals surface area contributed by atoms with Gasteiger partial charge in [0, 0.05) is 6.54 Å². The van der Waals surface area contributed by atoms with Crippen LogP contribution < -0.4 is 4.74 Å². The molecule has 0 aliphatic carbocycles. The molecule has 3 rings (SSSR count). The Morgan fingerprint density at radius 3 is 2.76 bits per heavy atom. The maximum atomic E-state index is 13.3. The summed E-state index contributed by atoms with van der Waals surface area (Å²) < 4.78 is 49.6. The van der Waals surface area contributed by atoms with Gasteiger partial charge >= 0.3 is 6.18 Å². The smallest absolute Gasteiger partial charge is 0.416 e. The van der Waals surface area contributed by atoms with E-state index in [4.69, 9.17) is 9.26 Å². The molecular formula is C16H15F3N2O4. The number of rotatable bonds is 3. The van der Waals surface area contributed by atoms with E-state index in [9.17, 15) is 23.1 Å². The van der Waals surface area contributed by atoms with E-state index in [-0.39, 0.29) is 30.2 Å². The van der Waals surface area contributed by atoms with Crippen molar-refractivity contribution >= 4 is 5.91 Å². The molecule has 6 nitrogen and oxygen atoms in total. The van der Waals surface area contributed by atoms with Crippen molar-refractivity contribution in [1.29, 1.82) is 0 Å². The summed E-state index contributed by atoms with van der Waals surface area (Å²) in [4.78, 5) is 13.8. The highest BCUT2D eigenvalue weighted by Crippen LogP contribution is 2.41. The van der Waals surface area contributed by atoms with Crippen LogP contribution in [0.25, 0.3) is 0 Å². The minimum atomic E-state index is -4.56. The van der Waals surface area contributed by atoms with Gasteiger partial charge in [0.25, 0.3) is 11.8 Å². The minimum Gasteiger partial charge on any atom is -0.479 e. The second-order valence-electron chi connectivity index (χ2n) is 5.68. The third-order valence-electron chi connectivity index (χ3n) is 4.07. The van der Waals surface area contributed by atoms with Gasteiger partial charge in [0.2, 0.25) is 5.76 Å². The fourth-order valence-corrected chi connectivity index (χ4v) is 2.98. The number of alkyl halides is 3. The van der Waals surface area contributed by atoms with Crippen LogP contribution in [-0.2, 0) is 6.18 Å². The lowest BCUT2D eigenvalue weighted by molar-refractivity contribution is -0.138. The van der Waals surface area contributed by atoms with Gasteiger partial charge in [-0.25, -0.2) is 0 Å². The molecule has 0 spiro atoms. The lowest BCUT2D eigenvalue weighted by Gasteiger charge is -2.26. The number of halogens is 3. The molecule has 1 amide bonds. The molecule has 1 N–H and O–H groups in total. The van der Waals surface area contributed by atoms with Crippen LogP contribution in [-0.4, -0.2) is 40.8 Å². The summed E-state index contributed by atoms with van der Waals surface area (Å²) in [5.41, 5.74) is -0.895. The number of carbonyl (C=O) groups excluding carboxylic acids is 1. The highest BCUT2D eigenvalue weighted by molar-refractivity contribution is 5.92. The van der Waals surface area contributed by atoms with E-state index in [0.29, 0.717) is 0 Å². The molecule has 2 heterocycles. The number of carbonyl (C=O) groups is 1. The van der Waals surface area contributed by atoms with Crippen LogP contribution in [0.2, 0.25) is 0 Å². The lowest BCUT2D eigenvalue weighted by atomic mass is 9.97. The molecule has 0 bridgehead atoms. The predicted molar refractivity (Wildman–Crippen MR) is 78.9 cm³/mol. The number of likely N-dealkylation sites (tertiary alicyclic amines) is 1. The van der Waals surface area contributed by atoms with Gasteiger partial charge < -0.3 is 19.3 Å². The molecule has 9 heteroatoms. The molecule has 2 atom stereocenters. The third-order valence-corrected chi connectivity index (χ3v) is 4.07. The normalized spacial score (nSPS) is 20.8. The Kier molecular flexibility index (Phi) is 4.42. The number of aliphatic hydroxyl groups excluding tert-OH is 1. The van der Waals surface area contributed by atoms with Gasteiger partial charge in [-0.1, -0.05) is 18.2 Å². The zero-order valence-electron chi connectivity index (χ0n) is 13.2. The molecule has 1 aliphatic rings. The zero-order chi connectivity index (χ0) is 18.2. The van der Waals surface area contributed by atoms with E-state index < -0.39 is 29.8 Å². The zero-order valence-corrected chi connectivity index (χ0v) is 13.2. The van der Waals surface area contributed by atoms with Crippen LogP contribution in [0.5, 0.6) is 5.88 Å². The number of ether oxygens (including phenoxy) is 1. The largest absolute Gasteiger partial charge is 0.479 e. The maximum absolute atomic E-state index is 13.3. The lowest BCUT2D eigenvalue weighted by Crippen LogP contribution is -2.32. The average Bonchev–Trinajstić information content (AvgIpc) is 3.20. The van der Waals surface area contributed by atoms with Gasteiger partial charge in [0.1, 0.15) is 0 Å². The van der Waals surface area contributed by atoms with Crippen molar-refractivity contribution in [3.63, 3.8) is 0 Å². The van der Waals surface area contributed by atoms with Crippen molar-refractivity contribution in [2.75, 3.05) is 13.7 Å². The summed E-state index contributed by atoms with van der Waals surface area (Å²) in [6, 6.07) is 5.35. The van der Waals surface area contributed by atoms with Crippen LogP contribution in [0.15, 0.2) is 34.9 Å². The number of β-amino-alcohol motifs (C(OH)–C–C–N with tert-alkyl or cyclic N) is 1. The Labute approximate surface area is 140 Å². The molecule has 0 radical (unpaired) electrons. The van der Waals surface area contributed by atoms with E-state index in [1.807, 2.05) is 0 Å². The fourth-order valence-electron chi connectivity index (χ4n) is 2.98. The predicted octanol–water partition coefficient (Wildman–Crippen LogP) is 2.65. The number of benzene rings is 1. The highest BCUT2D eigenvalue weighted by atomic mass is 19.4. The van der Waals surface area contributed by atoms with Crippen LogP contribution >= 0.6 is 0 Å². The Morgan fingerprint density at radius 1 is 1.40 bits per heavy atom. The Morgan fingerprint density at radius 2 is 2.12 bits per heavy atom. The van der Waals surface area contributed by atoms with Crippen molar-refractivity contribution in [3.8, 4) is 5.88 Å². The van der Waals surface area contributed by atoms with Crippen molar-refractivity contribution in [2.24, 2.45) is 0 Å². The SMILES string of the molecule is COc1cc(C(=O)N2C[C@H](O)C[C@H]2c2ccccc2C(F)(F)F)on1. The molecule has 1 aliphatic heterocycles. The standard InChI is InChI=1S/C16H15F3N2O4/c1-24-14-7-13(25-20-14)15(23)21-8-9(22)6-12(21)10-4-2-3-5-11(10)16(17,18)19/h2-5,7,9,12,22H,6,8H2,1H3/t9-,12+/m1/s1. The van der Waals surface area contributed by atoms with Gasteiger partial charge in [0.05, 0.1) is 30.9 Å². The van der Waals surface area contributed by atoms with Crippen LogP contribution in [0, 0.1) is 0 Å². The summed E-state index contributed by atoms with van der Waals surface area (Å²) >= 11 is 0. The van der Waals surface area contributed by atoms with Crippen molar-refractivity contribution in [2.45, 2.75) is 24.7 Å². The first-order valence-corrected chi connectivity index (χ1v) is 7.47. The first-order chi connectivity index (χ1) is 11.8. The molecule has 1 aromatic heterocycles. The summed E-state index contributed by atoms with van der Waals surface area (Å²) in [7, 11) is 1.34. The van der Waals surface area contributed by atoms with E-state index in [0.717, 1.165) is 11.0 Å². The summed E-state index contributed by atoms with van der Waals surface area (Å²) in [6.07, 6.45) is -5.49. The first kappa shape index (κ1) is 17.3. The number of methoxy groups -OCH3 is 1. The number of nitrogens with zero attached hydrogens (tertiary/aromatic N) is 2. The molecule has 2 aromatic rings. The molecule has 0 unspecified atom stereocenters. The molecule has 1 saturated heterocycles. The molecule has 1 fully saturated rings. The second kappa shape index (κ2) is 6.40. The van der Waals surface area contributed by atoms with E-state index in [2.05, 4.69) is 5.16 Å². The summed E-state index contributed by atoms with van der Waals surface area (Å²) in [5.74, 6) is -0.745. The number of aliphatic hydroxyl groups is 1. The van der Waals surface area contributed by atoms with Crippen LogP contribution in [0.1, 0.15) is 34.1 Å². The van der Waals surface area contributed by atoms with Gasteiger partial charge in [-0.15, -0.1) is 0 Å². The van der Waals surface area contributed by atoms with Crippen molar-refractivity contribution < 1.29 is 32.3 Å². The average molecular weight is 356 g/mol. The highest BCUT2D eigenvalue weighted by Gasteiger charge is 2.42. The molecule has 1 aromatic carbocycles. The quantitative estimate of drug-likeness (QED) is 0.915. The van der Waals surface area contributed by atoms with Crippen LogP contribution in [0.4, 0.5) is 13.2 Å². The number of aromatic nitrogens is 1. The number of hydrogen-bond acceptors (Lipinski definition) is 5. The van der Waals surface area contributed by atoms with Gasteiger partial charge in [0.15, 0.2) is 0 Å². The summed E-state index contributed by atoms with van der Waals surface area (Å²) in [5, 5.41) is 13.4. The van der Waals surface area contributed by atoms with E-state index in [1.165, 1.54) is 31.4 Å². The van der Waals surface area contributed by atoms with Gasteiger partial charge in [-0.2, -0.15) is 13.2 Å².